The highest BCUT2D eigenvalue weighted by Crippen LogP contribution is 2.37. The minimum absolute atomic E-state index is 0.313. The molecule has 0 radical (unpaired) electrons. The molecule has 0 saturated carbocycles. The molecule has 2 rings (SSSR count). The standard InChI is InChI=1S/C11H16ClN3S/c1-11(3-2-4-16-11)7-15-10-9(13)5-8(12)6-14-10/h5-6H,2-4,7,13H2,1H3,(H,14,15). The van der Waals surface area contributed by atoms with Gasteiger partial charge in [0.15, 0.2) is 0 Å². The minimum atomic E-state index is 0.313. The van der Waals surface area contributed by atoms with Crippen LogP contribution >= 0.6 is 23.4 Å². The Morgan fingerprint density at radius 3 is 3.12 bits per heavy atom. The minimum Gasteiger partial charge on any atom is -0.396 e. The van der Waals surface area contributed by atoms with Crippen molar-refractivity contribution in [1.29, 1.82) is 0 Å². The summed E-state index contributed by atoms with van der Waals surface area (Å²) in [6.07, 6.45) is 4.16. The van der Waals surface area contributed by atoms with E-state index < -0.39 is 0 Å². The van der Waals surface area contributed by atoms with Crippen molar-refractivity contribution >= 4 is 34.9 Å². The summed E-state index contributed by atoms with van der Waals surface area (Å²) in [5.41, 5.74) is 6.44. The third kappa shape index (κ3) is 2.74. The van der Waals surface area contributed by atoms with E-state index in [2.05, 4.69) is 17.2 Å². The Morgan fingerprint density at radius 1 is 1.69 bits per heavy atom. The van der Waals surface area contributed by atoms with Crippen molar-refractivity contribution in [2.45, 2.75) is 24.5 Å². The van der Waals surface area contributed by atoms with Crippen molar-refractivity contribution in [3.63, 3.8) is 0 Å². The third-order valence-electron chi connectivity index (χ3n) is 2.81. The van der Waals surface area contributed by atoms with Crippen molar-refractivity contribution in [2.24, 2.45) is 0 Å². The molecule has 3 N–H and O–H groups in total. The summed E-state index contributed by atoms with van der Waals surface area (Å²) < 4.78 is 0.313. The number of hydrogen-bond donors (Lipinski definition) is 2. The van der Waals surface area contributed by atoms with Gasteiger partial charge in [0.25, 0.3) is 0 Å². The Bertz CT molecular complexity index is 377. The molecule has 5 heteroatoms. The van der Waals surface area contributed by atoms with E-state index in [1.165, 1.54) is 18.6 Å². The lowest BCUT2D eigenvalue weighted by Crippen LogP contribution is -2.27. The maximum Gasteiger partial charge on any atom is 0.149 e. The van der Waals surface area contributed by atoms with Crippen LogP contribution in [-0.4, -0.2) is 22.0 Å². The first-order chi connectivity index (χ1) is 7.59. The molecular weight excluding hydrogens is 242 g/mol. The average Bonchev–Trinajstić information content (AvgIpc) is 2.64. The van der Waals surface area contributed by atoms with Gasteiger partial charge in [0.05, 0.1) is 10.7 Å². The van der Waals surface area contributed by atoms with Crippen LogP contribution in [0.25, 0.3) is 0 Å². The van der Waals surface area contributed by atoms with E-state index in [0.29, 0.717) is 15.5 Å². The number of hydrogen-bond acceptors (Lipinski definition) is 4. The summed E-state index contributed by atoms with van der Waals surface area (Å²) in [4.78, 5) is 4.19. The molecule has 3 nitrogen and oxygen atoms in total. The Hall–Kier alpha value is -0.610. The van der Waals surface area contributed by atoms with Crippen LogP contribution < -0.4 is 11.1 Å². The zero-order valence-electron chi connectivity index (χ0n) is 9.29. The lowest BCUT2D eigenvalue weighted by Gasteiger charge is -2.23. The van der Waals surface area contributed by atoms with E-state index in [0.717, 1.165) is 12.4 Å². The molecule has 1 saturated heterocycles. The molecule has 0 spiro atoms. The lowest BCUT2D eigenvalue weighted by atomic mass is 10.1. The predicted molar refractivity (Wildman–Crippen MR) is 72.2 cm³/mol. The van der Waals surface area contributed by atoms with Crippen LogP contribution in [0.5, 0.6) is 0 Å². The van der Waals surface area contributed by atoms with E-state index in [4.69, 9.17) is 17.3 Å². The van der Waals surface area contributed by atoms with Crippen molar-refractivity contribution < 1.29 is 0 Å². The molecular formula is C11H16ClN3S. The second-order valence-electron chi connectivity index (χ2n) is 4.35. The van der Waals surface area contributed by atoms with Gasteiger partial charge in [-0.15, -0.1) is 0 Å². The van der Waals surface area contributed by atoms with E-state index in [1.54, 1.807) is 12.3 Å². The van der Waals surface area contributed by atoms with Crippen LogP contribution in [0.1, 0.15) is 19.8 Å². The Kier molecular flexibility index (Phi) is 3.50. The number of rotatable bonds is 3. The van der Waals surface area contributed by atoms with Gasteiger partial charge in [-0.1, -0.05) is 11.6 Å². The Labute approximate surface area is 105 Å². The number of nitrogens with zero attached hydrogens (tertiary/aromatic N) is 1. The topological polar surface area (TPSA) is 50.9 Å². The van der Waals surface area contributed by atoms with Gasteiger partial charge in [-0.25, -0.2) is 4.98 Å². The zero-order valence-corrected chi connectivity index (χ0v) is 10.9. The van der Waals surface area contributed by atoms with Crippen LogP contribution in [0.3, 0.4) is 0 Å². The molecule has 0 amide bonds. The van der Waals surface area contributed by atoms with Gasteiger partial charge in [-0.05, 0) is 31.6 Å². The molecule has 1 fully saturated rings. The molecule has 2 heterocycles. The number of nitrogens with two attached hydrogens (primary N) is 1. The fourth-order valence-electron chi connectivity index (χ4n) is 1.85. The first-order valence-corrected chi connectivity index (χ1v) is 6.74. The predicted octanol–water partition coefficient (Wildman–Crippen LogP) is 3.01. The molecule has 1 atom stereocenters. The van der Waals surface area contributed by atoms with E-state index in [-0.39, 0.29) is 0 Å². The second-order valence-corrected chi connectivity index (χ2v) is 6.47. The van der Waals surface area contributed by atoms with Crippen molar-refractivity contribution in [3.8, 4) is 0 Å². The fourth-order valence-corrected chi connectivity index (χ4v) is 3.26. The third-order valence-corrected chi connectivity index (χ3v) is 4.56. The van der Waals surface area contributed by atoms with Crippen LogP contribution in [0.15, 0.2) is 12.3 Å². The van der Waals surface area contributed by atoms with Crippen molar-refractivity contribution in [1.82, 2.24) is 4.98 Å². The normalized spacial score (nSPS) is 24.6. The van der Waals surface area contributed by atoms with Gasteiger partial charge in [-0.3, -0.25) is 0 Å². The van der Waals surface area contributed by atoms with Gasteiger partial charge >= 0.3 is 0 Å². The number of thioether (sulfide) groups is 1. The van der Waals surface area contributed by atoms with Crippen LogP contribution in [-0.2, 0) is 0 Å². The molecule has 0 bridgehead atoms. The molecule has 1 aliphatic heterocycles. The molecule has 1 aliphatic rings. The molecule has 16 heavy (non-hydrogen) atoms. The fraction of sp³-hybridized carbons (Fsp3) is 0.545. The SMILES string of the molecule is CC1(CNc2ncc(Cl)cc2N)CCCS1. The number of aromatic nitrogens is 1. The van der Waals surface area contributed by atoms with Gasteiger partial charge in [0.1, 0.15) is 5.82 Å². The Morgan fingerprint density at radius 2 is 2.50 bits per heavy atom. The summed E-state index contributed by atoms with van der Waals surface area (Å²) in [5.74, 6) is 1.99. The summed E-state index contributed by atoms with van der Waals surface area (Å²) in [5, 5.41) is 3.88. The van der Waals surface area contributed by atoms with Crippen LogP contribution in [0, 0.1) is 0 Å². The summed E-state index contributed by atoms with van der Waals surface area (Å²) in [6, 6.07) is 1.72. The van der Waals surface area contributed by atoms with E-state index in [1.807, 2.05) is 11.8 Å². The number of nitrogens with one attached hydrogen (secondary N) is 1. The molecule has 88 valence electrons. The van der Waals surface area contributed by atoms with Crippen LogP contribution in [0.4, 0.5) is 11.5 Å². The second kappa shape index (κ2) is 4.72. The quantitative estimate of drug-likeness (QED) is 0.874. The summed E-state index contributed by atoms with van der Waals surface area (Å²) in [6.45, 7) is 3.18. The van der Waals surface area contributed by atoms with Crippen LogP contribution in [0.2, 0.25) is 5.02 Å². The van der Waals surface area contributed by atoms with Gasteiger partial charge < -0.3 is 11.1 Å². The molecule has 0 aliphatic carbocycles. The molecule has 1 unspecified atom stereocenters. The first-order valence-electron chi connectivity index (χ1n) is 5.38. The van der Waals surface area contributed by atoms with E-state index in [9.17, 15) is 0 Å². The average molecular weight is 258 g/mol. The highest BCUT2D eigenvalue weighted by molar-refractivity contribution is 8.00. The number of pyridine rings is 1. The van der Waals surface area contributed by atoms with Gasteiger partial charge in [-0.2, -0.15) is 11.8 Å². The summed E-state index contributed by atoms with van der Waals surface area (Å²) in [7, 11) is 0. The lowest BCUT2D eigenvalue weighted by molar-refractivity contribution is 0.634. The maximum atomic E-state index is 5.83. The molecule has 1 aromatic heterocycles. The smallest absolute Gasteiger partial charge is 0.149 e. The van der Waals surface area contributed by atoms with Crippen molar-refractivity contribution in [2.75, 3.05) is 23.3 Å². The first kappa shape index (κ1) is 11.9. The highest BCUT2D eigenvalue weighted by Gasteiger charge is 2.29. The number of anilines is 2. The number of halogens is 1. The largest absolute Gasteiger partial charge is 0.396 e. The zero-order chi connectivity index (χ0) is 11.6. The summed E-state index contributed by atoms with van der Waals surface area (Å²) >= 11 is 7.81. The monoisotopic (exact) mass is 257 g/mol. The maximum absolute atomic E-state index is 5.83. The van der Waals surface area contributed by atoms with Crippen molar-refractivity contribution in [3.05, 3.63) is 17.3 Å². The number of nitrogen functional groups attached to an aromatic ring is 1. The van der Waals surface area contributed by atoms with E-state index >= 15 is 0 Å². The molecule has 1 aromatic rings. The van der Waals surface area contributed by atoms with Gasteiger partial charge in [0, 0.05) is 17.5 Å². The molecule has 0 aromatic carbocycles. The van der Waals surface area contributed by atoms with Gasteiger partial charge in [0.2, 0.25) is 0 Å². The highest BCUT2D eigenvalue weighted by atomic mass is 35.5. The Balaban J connectivity index is 1.99.